The van der Waals surface area contributed by atoms with Crippen LogP contribution in [-0.2, 0) is 4.74 Å². The maximum Gasteiger partial charge on any atom is 0.409 e. The third-order valence-electron chi connectivity index (χ3n) is 2.18. The summed E-state index contributed by atoms with van der Waals surface area (Å²) in [5, 5.41) is 0. The number of nitrogens with one attached hydrogen (secondary N) is 1. The summed E-state index contributed by atoms with van der Waals surface area (Å²) in [6, 6.07) is 0.313. The van der Waals surface area contributed by atoms with Crippen LogP contribution in [0.25, 0.3) is 0 Å². The molecule has 0 radical (unpaired) electrons. The molecule has 5 heteroatoms. The van der Waals surface area contributed by atoms with Crippen LogP contribution in [-0.4, -0.2) is 37.2 Å². The Morgan fingerprint density at radius 3 is 3.00 bits per heavy atom. The Balaban J connectivity index is 2.24. The van der Waals surface area contributed by atoms with Gasteiger partial charge in [-0.3, -0.25) is 11.3 Å². The van der Waals surface area contributed by atoms with Crippen molar-refractivity contribution in [1.82, 2.24) is 10.3 Å². The summed E-state index contributed by atoms with van der Waals surface area (Å²) in [6.45, 7) is 1.54. The highest BCUT2D eigenvalue weighted by molar-refractivity contribution is 5.68. The van der Waals surface area contributed by atoms with E-state index in [-0.39, 0.29) is 6.09 Å². The highest BCUT2D eigenvalue weighted by atomic mass is 16.5. The smallest absolute Gasteiger partial charge is 0.409 e. The predicted molar refractivity (Wildman–Crippen MR) is 44.3 cm³/mol. The number of likely N-dealkylation sites (tertiary alicyclic amines) is 1. The molecule has 1 amide bonds. The Bertz CT molecular complexity index is 163. The van der Waals surface area contributed by atoms with E-state index in [4.69, 9.17) is 5.84 Å². The monoisotopic (exact) mass is 173 g/mol. The van der Waals surface area contributed by atoms with Crippen LogP contribution in [0.15, 0.2) is 0 Å². The van der Waals surface area contributed by atoms with Crippen molar-refractivity contribution in [2.24, 2.45) is 5.84 Å². The molecular weight excluding hydrogens is 158 g/mol. The first-order valence-corrected chi connectivity index (χ1v) is 4.07. The second-order valence-electron chi connectivity index (χ2n) is 2.85. The minimum atomic E-state index is -0.233. The molecule has 0 aromatic carbocycles. The van der Waals surface area contributed by atoms with E-state index in [9.17, 15) is 4.79 Å². The molecule has 12 heavy (non-hydrogen) atoms. The van der Waals surface area contributed by atoms with E-state index in [0.717, 1.165) is 25.9 Å². The van der Waals surface area contributed by atoms with Gasteiger partial charge in [-0.1, -0.05) is 0 Å². The molecule has 1 heterocycles. The molecule has 0 bridgehead atoms. The third-order valence-corrected chi connectivity index (χ3v) is 2.18. The van der Waals surface area contributed by atoms with Gasteiger partial charge >= 0.3 is 6.09 Å². The first kappa shape index (κ1) is 9.28. The van der Waals surface area contributed by atoms with Gasteiger partial charge in [0.1, 0.15) is 0 Å². The van der Waals surface area contributed by atoms with E-state index in [2.05, 4.69) is 10.2 Å². The molecule has 1 saturated heterocycles. The lowest BCUT2D eigenvalue weighted by Gasteiger charge is -2.39. The highest BCUT2D eigenvalue weighted by Gasteiger charge is 2.31. The van der Waals surface area contributed by atoms with Crippen molar-refractivity contribution in [3.05, 3.63) is 0 Å². The van der Waals surface area contributed by atoms with Crippen molar-refractivity contribution in [1.29, 1.82) is 0 Å². The fraction of sp³-hybridized carbons (Fsp3) is 0.857. The lowest BCUT2D eigenvalue weighted by atomic mass is 10.0. The molecule has 0 spiro atoms. The van der Waals surface area contributed by atoms with Crippen molar-refractivity contribution in [2.75, 3.05) is 20.2 Å². The van der Waals surface area contributed by atoms with Crippen LogP contribution in [0.1, 0.15) is 12.8 Å². The van der Waals surface area contributed by atoms with Crippen molar-refractivity contribution in [3.8, 4) is 0 Å². The normalized spacial score (nSPS) is 21.8. The molecule has 5 nitrogen and oxygen atoms in total. The van der Waals surface area contributed by atoms with Gasteiger partial charge in [0, 0.05) is 19.1 Å². The number of amides is 1. The number of carbonyl (C=O) groups is 1. The quantitative estimate of drug-likeness (QED) is 0.453. The van der Waals surface area contributed by atoms with Crippen LogP contribution in [0.5, 0.6) is 0 Å². The van der Waals surface area contributed by atoms with Gasteiger partial charge in [-0.15, -0.1) is 0 Å². The molecule has 1 fully saturated rings. The Hall–Kier alpha value is -0.810. The van der Waals surface area contributed by atoms with E-state index >= 15 is 0 Å². The van der Waals surface area contributed by atoms with Crippen LogP contribution >= 0.6 is 0 Å². The Kier molecular flexibility index (Phi) is 3.31. The van der Waals surface area contributed by atoms with Crippen molar-refractivity contribution in [2.45, 2.75) is 18.9 Å². The van der Waals surface area contributed by atoms with Gasteiger partial charge in [0.05, 0.1) is 7.11 Å². The molecule has 1 unspecified atom stereocenters. The minimum absolute atomic E-state index is 0.233. The maximum absolute atomic E-state index is 11.0. The average molecular weight is 173 g/mol. The largest absolute Gasteiger partial charge is 0.453 e. The Morgan fingerprint density at radius 1 is 1.83 bits per heavy atom. The average Bonchev–Trinajstić information content (AvgIpc) is 2.03. The van der Waals surface area contributed by atoms with E-state index in [1.165, 1.54) is 7.11 Å². The fourth-order valence-electron chi connectivity index (χ4n) is 1.35. The van der Waals surface area contributed by atoms with E-state index < -0.39 is 0 Å². The van der Waals surface area contributed by atoms with Crippen LogP contribution in [0.4, 0.5) is 4.79 Å². The number of nitrogens with zero attached hydrogens (tertiary/aromatic N) is 1. The van der Waals surface area contributed by atoms with Crippen LogP contribution in [0, 0.1) is 0 Å². The number of hydrogen-bond acceptors (Lipinski definition) is 4. The van der Waals surface area contributed by atoms with Gasteiger partial charge in [-0.05, 0) is 12.8 Å². The first-order chi connectivity index (χ1) is 5.79. The van der Waals surface area contributed by atoms with Crippen molar-refractivity contribution >= 4 is 6.09 Å². The summed E-state index contributed by atoms with van der Waals surface area (Å²) in [5.41, 5.74) is 2.57. The van der Waals surface area contributed by atoms with Gasteiger partial charge in [-0.25, -0.2) is 4.79 Å². The number of carbonyl (C=O) groups excluding carboxylic acids is 1. The fourth-order valence-corrected chi connectivity index (χ4v) is 1.35. The zero-order valence-electron chi connectivity index (χ0n) is 7.25. The summed E-state index contributed by atoms with van der Waals surface area (Å²) in [7, 11) is 1.40. The molecule has 3 N–H and O–H groups in total. The maximum atomic E-state index is 11.0. The summed E-state index contributed by atoms with van der Waals surface area (Å²) >= 11 is 0. The lowest BCUT2D eigenvalue weighted by Crippen LogP contribution is -2.52. The molecule has 70 valence electrons. The zero-order valence-corrected chi connectivity index (χ0v) is 7.25. The van der Waals surface area contributed by atoms with Crippen molar-refractivity contribution in [3.63, 3.8) is 0 Å². The van der Waals surface area contributed by atoms with Crippen LogP contribution in [0.2, 0.25) is 0 Å². The highest BCUT2D eigenvalue weighted by Crippen LogP contribution is 2.20. The second-order valence-corrected chi connectivity index (χ2v) is 2.85. The molecule has 1 aliphatic heterocycles. The molecule has 1 aliphatic rings. The molecule has 1 atom stereocenters. The van der Waals surface area contributed by atoms with Gasteiger partial charge in [0.25, 0.3) is 0 Å². The number of rotatable bonds is 3. The third kappa shape index (κ3) is 1.86. The van der Waals surface area contributed by atoms with Crippen LogP contribution in [0.3, 0.4) is 0 Å². The summed E-state index contributed by atoms with van der Waals surface area (Å²) < 4.78 is 4.60. The summed E-state index contributed by atoms with van der Waals surface area (Å²) in [5.74, 6) is 5.12. The number of nitrogens with two attached hydrogens (primary N) is 1. The number of hydrazine groups is 1. The minimum Gasteiger partial charge on any atom is -0.453 e. The molecule has 0 aliphatic carbocycles. The number of hydrogen-bond donors (Lipinski definition) is 2. The van der Waals surface area contributed by atoms with Crippen molar-refractivity contribution < 1.29 is 9.53 Å². The second kappa shape index (κ2) is 4.27. The standard InChI is InChI=1S/C7H15N3O2/c1-12-7(11)10-5-3-6(10)2-4-9-8/h6,9H,2-5,8H2,1H3. The van der Waals surface area contributed by atoms with Gasteiger partial charge in [-0.2, -0.15) is 0 Å². The van der Waals surface area contributed by atoms with Gasteiger partial charge < -0.3 is 9.64 Å². The lowest BCUT2D eigenvalue weighted by molar-refractivity contribution is 0.0582. The van der Waals surface area contributed by atoms with E-state index in [1.807, 2.05) is 0 Å². The van der Waals surface area contributed by atoms with E-state index in [1.54, 1.807) is 4.90 Å². The summed E-state index contributed by atoms with van der Waals surface area (Å²) in [6.07, 6.45) is 1.71. The van der Waals surface area contributed by atoms with Gasteiger partial charge in [0.15, 0.2) is 0 Å². The Labute approximate surface area is 71.8 Å². The first-order valence-electron chi connectivity index (χ1n) is 4.07. The Morgan fingerprint density at radius 2 is 2.58 bits per heavy atom. The van der Waals surface area contributed by atoms with E-state index in [0.29, 0.717) is 6.04 Å². The van der Waals surface area contributed by atoms with Gasteiger partial charge in [0.2, 0.25) is 0 Å². The molecule has 0 saturated carbocycles. The molecule has 0 aromatic rings. The summed E-state index contributed by atoms with van der Waals surface area (Å²) in [4.78, 5) is 12.7. The molecule has 1 rings (SSSR count). The zero-order chi connectivity index (χ0) is 8.97. The number of ether oxygens (including phenoxy) is 1. The molecule has 0 aromatic heterocycles. The van der Waals surface area contributed by atoms with Crippen LogP contribution < -0.4 is 11.3 Å². The molecular formula is C7H15N3O2. The number of methoxy groups -OCH3 is 1. The topological polar surface area (TPSA) is 67.6 Å². The SMILES string of the molecule is COC(=O)N1CCC1CCNN. The predicted octanol–water partition coefficient (Wildman–Crippen LogP) is -0.319.